The van der Waals surface area contributed by atoms with Crippen molar-refractivity contribution in [3.8, 4) is 0 Å². The molecule has 2 rings (SSSR count). The van der Waals surface area contributed by atoms with Gasteiger partial charge in [-0.25, -0.2) is 0 Å². The van der Waals surface area contributed by atoms with E-state index in [-0.39, 0.29) is 0 Å². The molecule has 2 aromatic carbocycles. The lowest BCUT2D eigenvalue weighted by molar-refractivity contribution is 1.14. The zero-order valence-electron chi connectivity index (χ0n) is 10.1. The zero-order valence-corrected chi connectivity index (χ0v) is 11.7. The lowest BCUT2D eigenvalue weighted by Crippen LogP contribution is -1.99. The number of hydrogen-bond donors (Lipinski definition) is 1. The second-order valence-electron chi connectivity index (χ2n) is 4.30. The van der Waals surface area contributed by atoms with Crippen LogP contribution in [-0.4, -0.2) is 0 Å². The van der Waals surface area contributed by atoms with Gasteiger partial charge in [0, 0.05) is 16.7 Å². The first-order chi connectivity index (χ1) is 8.15. The van der Waals surface area contributed by atoms with Crippen LogP contribution in [0.5, 0.6) is 0 Å². The first kappa shape index (κ1) is 12.2. The van der Waals surface area contributed by atoms with Gasteiger partial charge in [0.1, 0.15) is 0 Å². The van der Waals surface area contributed by atoms with Crippen LogP contribution in [0.25, 0.3) is 0 Å². The molecule has 17 heavy (non-hydrogen) atoms. The van der Waals surface area contributed by atoms with Crippen molar-refractivity contribution in [2.45, 2.75) is 20.4 Å². The van der Waals surface area contributed by atoms with Gasteiger partial charge in [0.15, 0.2) is 0 Å². The smallest absolute Gasteiger partial charge is 0.0401 e. The molecule has 1 N–H and O–H groups in total. The van der Waals surface area contributed by atoms with Crippen LogP contribution >= 0.6 is 15.9 Å². The molecule has 0 aliphatic rings. The van der Waals surface area contributed by atoms with Gasteiger partial charge in [-0.2, -0.15) is 0 Å². The van der Waals surface area contributed by atoms with E-state index in [0.29, 0.717) is 0 Å². The Morgan fingerprint density at radius 1 is 1.00 bits per heavy atom. The second-order valence-corrected chi connectivity index (χ2v) is 5.16. The molecule has 0 fully saturated rings. The Balaban J connectivity index is 2.02. The fraction of sp³-hybridized carbons (Fsp3) is 0.200. The van der Waals surface area contributed by atoms with Crippen molar-refractivity contribution < 1.29 is 0 Å². The topological polar surface area (TPSA) is 12.0 Å². The Bertz CT molecular complexity index is 503. The molecule has 0 bridgehead atoms. The van der Waals surface area contributed by atoms with Gasteiger partial charge in [-0.1, -0.05) is 45.8 Å². The second kappa shape index (κ2) is 5.37. The normalized spacial score (nSPS) is 10.3. The standard InChI is InChI=1S/C15H16BrN/c1-11-3-7-14(8-4-11)17-10-13-6-5-12(2)15(16)9-13/h3-9,17H,10H2,1-2H3. The summed E-state index contributed by atoms with van der Waals surface area (Å²) in [7, 11) is 0. The van der Waals surface area contributed by atoms with Gasteiger partial charge in [-0.05, 0) is 43.2 Å². The summed E-state index contributed by atoms with van der Waals surface area (Å²) in [4.78, 5) is 0. The number of aryl methyl sites for hydroxylation is 2. The zero-order chi connectivity index (χ0) is 12.3. The monoisotopic (exact) mass is 289 g/mol. The molecule has 0 atom stereocenters. The minimum Gasteiger partial charge on any atom is -0.381 e. The van der Waals surface area contributed by atoms with Gasteiger partial charge < -0.3 is 5.32 Å². The van der Waals surface area contributed by atoms with E-state index in [1.165, 1.54) is 21.2 Å². The summed E-state index contributed by atoms with van der Waals surface area (Å²) < 4.78 is 1.17. The van der Waals surface area contributed by atoms with Gasteiger partial charge in [0.05, 0.1) is 0 Å². The van der Waals surface area contributed by atoms with E-state index in [4.69, 9.17) is 0 Å². The van der Waals surface area contributed by atoms with Gasteiger partial charge >= 0.3 is 0 Å². The van der Waals surface area contributed by atoms with Crippen LogP contribution in [0.2, 0.25) is 0 Å². The van der Waals surface area contributed by atoms with Gasteiger partial charge in [-0.3, -0.25) is 0 Å². The van der Waals surface area contributed by atoms with E-state index in [2.05, 4.69) is 77.6 Å². The van der Waals surface area contributed by atoms with E-state index >= 15 is 0 Å². The third kappa shape index (κ3) is 3.34. The summed E-state index contributed by atoms with van der Waals surface area (Å²) >= 11 is 3.55. The number of anilines is 1. The van der Waals surface area contributed by atoms with E-state index < -0.39 is 0 Å². The average molecular weight is 290 g/mol. The van der Waals surface area contributed by atoms with Crippen LogP contribution in [0.3, 0.4) is 0 Å². The maximum absolute atomic E-state index is 3.55. The van der Waals surface area contributed by atoms with Crippen molar-refractivity contribution in [3.05, 3.63) is 63.6 Å². The molecule has 0 unspecified atom stereocenters. The molecule has 88 valence electrons. The fourth-order valence-corrected chi connectivity index (χ4v) is 2.05. The third-order valence-electron chi connectivity index (χ3n) is 2.78. The maximum atomic E-state index is 3.55. The molecule has 0 aromatic heterocycles. The Morgan fingerprint density at radius 2 is 1.71 bits per heavy atom. The number of benzene rings is 2. The molecule has 0 spiro atoms. The summed E-state index contributed by atoms with van der Waals surface area (Å²) in [6.07, 6.45) is 0. The summed E-state index contributed by atoms with van der Waals surface area (Å²) in [6.45, 7) is 5.05. The first-order valence-electron chi connectivity index (χ1n) is 5.71. The molecule has 0 aliphatic carbocycles. The molecule has 1 nitrogen and oxygen atoms in total. The van der Waals surface area contributed by atoms with E-state index in [1.54, 1.807) is 0 Å². The van der Waals surface area contributed by atoms with Crippen molar-refractivity contribution in [1.82, 2.24) is 0 Å². The highest BCUT2D eigenvalue weighted by Crippen LogP contribution is 2.18. The van der Waals surface area contributed by atoms with Crippen LogP contribution in [-0.2, 0) is 6.54 Å². The largest absolute Gasteiger partial charge is 0.381 e. The molecular weight excluding hydrogens is 274 g/mol. The summed E-state index contributed by atoms with van der Waals surface area (Å²) in [5.74, 6) is 0. The van der Waals surface area contributed by atoms with Crippen molar-refractivity contribution in [2.24, 2.45) is 0 Å². The molecule has 0 radical (unpaired) electrons. The molecule has 0 saturated heterocycles. The Kier molecular flexibility index (Phi) is 3.85. The van der Waals surface area contributed by atoms with Crippen LogP contribution in [0.4, 0.5) is 5.69 Å². The lowest BCUT2D eigenvalue weighted by atomic mass is 10.1. The van der Waals surface area contributed by atoms with Crippen LogP contribution in [0, 0.1) is 13.8 Å². The molecule has 0 aliphatic heterocycles. The number of halogens is 1. The Morgan fingerprint density at radius 3 is 2.35 bits per heavy atom. The summed E-state index contributed by atoms with van der Waals surface area (Å²) in [5, 5.41) is 3.41. The van der Waals surface area contributed by atoms with Crippen molar-refractivity contribution in [1.29, 1.82) is 0 Å². The summed E-state index contributed by atoms with van der Waals surface area (Å²) in [5.41, 5.74) is 4.99. The van der Waals surface area contributed by atoms with Crippen molar-refractivity contribution in [2.75, 3.05) is 5.32 Å². The lowest BCUT2D eigenvalue weighted by Gasteiger charge is -2.08. The Labute approximate surface area is 111 Å². The molecule has 2 heteroatoms. The third-order valence-corrected chi connectivity index (χ3v) is 3.64. The predicted octanol–water partition coefficient (Wildman–Crippen LogP) is 4.68. The van der Waals surface area contributed by atoms with Gasteiger partial charge in [0.25, 0.3) is 0 Å². The number of nitrogens with one attached hydrogen (secondary N) is 1. The van der Waals surface area contributed by atoms with Crippen LogP contribution in [0.1, 0.15) is 16.7 Å². The molecule has 2 aromatic rings. The SMILES string of the molecule is Cc1ccc(NCc2ccc(C)c(Br)c2)cc1. The highest BCUT2D eigenvalue weighted by molar-refractivity contribution is 9.10. The van der Waals surface area contributed by atoms with E-state index in [0.717, 1.165) is 12.2 Å². The highest BCUT2D eigenvalue weighted by Gasteiger charge is 1.98. The minimum atomic E-state index is 0.849. The number of rotatable bonds is 3. The summed E-state index contributed by atoms with van der Waals surface area (Å²) in [6, 6.07) is 14.9. The van der Waals surface area contributed by atoms with Gasteiger partial charge in [-0.15, -0.1) is 0 Å². The molecular formula is C15H16BrN. The predicted molar refractivity (Wildman–Crippen MR) is 77.4 cm³/mol. The molecule has 0 amide bonds. The maximum Gasteiger partial charge on any atom is 0.0401 e. The van der Waals surface area contributed by atoms with Crippen molar-refractivity contribution >= 4 is 21.6 Å². The molecule has 0 saturated carbocycles. The number of hydrogen-bond acceptors (Lipinski definition) is 1. The first-order valence-corrected chi connectivity index (χ1v) is 6.50. The van der Waals surface area contributed by atoms with Crippen LogP contribution in [0.15, 0.2) is 46.9 Å². The average Bonchev–Trinajstić information content (AvgIpc) is 2.33. The highest BCUT2D eigenvalue weighted by atomic mass is 79.9. The quantitative estimate of drug-likeness (QED) is 0.865. The van der Waals surface area contributed by atoms with E-state index in [9.17, 15) is 0 Å². The van der Waals surface area contributed by atoms with Crippen molar-refractivity contribution in [3.63, 3.8) is 0 Å². The van der Waals surface area contributed by atoms with Gasteiger partial charge in [0.2, 0.25) is 0 Å². The van der Waals surface area contributed by atoms with Crippen LogP contribution < -0.4 is 5.32 Å². The van der Waals surface area contributed by atoms with E-state index in [1.807, 2.05) is 0 Å². The fourth-order valence-electron chi connectivity index (χ4n) is 1.62. The minimum absolute atomic E-state index is 0.849. The Hall–Kier alpha value is -1.28. The molecule has 0 heterocycles.